The van der Waals surface area contributed by atoms with E-state index in [1.54, 1.807) is 43.3 Å². The van der Waals surface area contributed by atoms with E-state index in [1.807, 2.05) is 18.2 Å². The SMILES string of the molecule is COc1ccc(CC(=O)N[C@@H](C)C(=O)N2CCN(c3ccccn3)CC2)c(Cl)c1. The number of hydrogen-bond acceptors (Lipinski definition) is 5. The minimum Gasteiger partial charge on any atom is -0.497 e. The Bertz CT molecular complexity index is 854. The maximum Gasteiger partial charge on any atom is 0.244 e. The number of amides is 2. The van der Waals surface area contributed by atoms with Gasteiger partial charge >= 0.3 is 0 Å². The molecule has 1 atom stereocenters. The number of rotatable bonds is 6. The predicted molar refractivity (Wildman–Crippen MR) is 112 cm³/mol. The summed E-state index contributed by atoms with van der Waals surface area (Å²) >= 11 is 6.19. The number of anilines is 1. The first-order valence-electron chi connectivity index (χ1n) is 9.54. The van der Waals surface area contributed by atoms with E-state index in [2.05, 4.69) is 15.2 Å². The number of aromatic nitrogens is 1. The van der Waals surface area contributed by atoms with Crippen LogP contribution in [0.1, 0.15) is 12.5 Å². The standard InChI is InChI=1S/C21H25ClN4O3/c1-15(24-20(27)13-16-6-7-17(29-2)14-18(16)22)21(28)26-11-9-25(10-12-26)19-5-3-4-8-23-19/h3-8,14-15H,9-13H2,1-2H3,(H,24,27)/t15-/m0/s1. The zero-order valence-electron chi connectivity index (χ0n) is 16.6. The van der Waals surface area contributed by atoms with E-state index >= 15 is 0 Å². The van der Waals surface area contributed by atoms with Crippen LogP contribution in [-0.2, 0) is 16.0 Å². The van der Waals surface area contributed by atoms with Crippen molar-refractivity contribution in [3.8, 4) is 5.75 Å². The Morgan fingerprint density at radius 3 is 2.59 bits per heavy atom. The third-order valence-electron chi connectivity index (χ3n) is 4.92. The van der Waals surface area contributed by atoms with Gasteiger partial charge in [-0.25, -0.2) is 4.98 Å². The van der Waals surface area contributed by atoms with E-state index in [-0.39, 0.29) is 18.2 Å². The minimum atomic E-state index is -0.596. The Kier molecular flexibility index (Phi) is 6.93. The molecule has 1 aliphatic heterocycles. The smallest absolute Gasteiger partial charge is 0.244 e. The quantitative estimate of drug-likeness (QED) is 0.780. The number of carbonyl (C=O) groups is 2. The van der Waals surface area contributed by atoms with Gasteiger partial charge in [0, 0.05) is 37.4 Å². The van der Waals surface area contributed by atoms with E-state index in [9.17, 15) is 9.59 Å². The highest BCUT2D eigenvalue weighted by Crippen LogP contribution is 2.22. The Labute approximate surface area is 175 Å². The molecule has 7 nitrogen and oxygen atoms in total. The van der Waals surface area contributed by atoms with Crippen molar-refractivity contribution in [3.05, 3.63) is 53.2 Å². The summed E-state index contributed by atoms with van der Waals surface area (Å²) in [5, 5.41) is 3.24. The number of ether oxygens (including phenoxy) is 1. The van der Waals surface area contributed by atoms with E-state index in [0.29, 0.717) is 42.5 Å². The molecule has 1 fully saturated rings. The number of pyridine rings is 1. The highest BCUT2D eigenvalue weighted by Gasteiger charge is 2.26. The number of piperazine rings is 1. The number of hydrogen-bond donors (Lipinski definition) is 1. The Hall–Kier alpha value is -2.80. The van der Waals surface area contributed by atoms with Crippen LogP contribution in [0.3, 0.4) is 0 Å². The number of nitrogens with zero attached hydrogens (tertiary/aromatic N) is 3. The lowest BCUT2D eigenvalue weighted by Crippen LogP contribution is -2.54. The summed E-state index contributed by atoms with van der Waals surface area (Å²) in [4.78, 5) is 33.4. The predicted octanol–water partition coefficient (Wildman–Crippen LogP) is 2.14. The van der Waals surface area contributed by atoms with E-state index < -0.39 is 6.04 Å². The molecular formula is C21H25ClN4O3. The van der Waals surface area contributed by atoms with Gasteiger partial charge in [-0.15, -0.1) is 0 Å². The second-order valence-corrected chi connectivity index (χ2v) is 7.33. The Morgan fingerprint density at radius 2 is 1.97 bits per heavy atom. The topological polar surface area (TPSA) is 74.8 Å². The van der Waals surface area contributed by atoms with Crippen molar-refractivity contribution >= 4 is 29.2 Å². The maximum absolute atomic E-state index is 12.7. The molecule has 1 aromatic heterocycles. The molecule has 0 aliphatic carbocycles. The summed E-state index contributed by atoms with van der Waals surface area (Å²) < 4.78 is 5.11. The van der Waals surface area contributed by atoms with Gasteiger partial charge in [-0.3, -0.25) is 9.59 Å². The average Bonchev–Trinajstić information content (AvgIpc) is 2.75. The van der Waals surface area contributed by atoms with Crippen LogP contribution in [0.15, 0.2) is 42.6 Å². The highest BCUT2D eigenvalue weighted by molar-refractivity contribution is 6.31. The van der Waals surface area contributed by atoms with Gasteiger partial charge in [-0.2, -0.15) is 0 Å². The van der Waals surface area contributed by atoms with Crippen molar-refractivity contribution in [3.63, 3.8) is 0 Å². The van der Waals surface area contributed by atoms with Crippen LogP contribution < -0.4 is 15.0 Å². The van der Waals surface area contributed by atoms with Gasteiger partial charge in [0.15, 0.2) is 0 Å². The lowest BCUT2D eigenvalue weighted by atomic mass is 10.1. The molecule has 0 unspecified atom stereocenters. The summed E-state index contributed by atoms with van der Waals surface area (Å²) in [5.74, 6) is 1.22. The van der Waals surface area contributed by atoms with Crippen molar-refractivity contribution in [1.82, 2.24) is 15.2 Å². The molecule has 154 valence electrons. The molecule has 3 rings (SSSR count). The fraction of sp³-hybridized carbons (Fsp3) is 0.381. The zero-order chi connectivity index (χ0) is 20.8. The monoisotopic (exact) mass is 416 g/mol. The first kappa shape index (κ1) is 20.9. The Morgan fingerprint density at radius 1 is 1.21 bits per heavy atom. The number of nitrogens with one attached hydrogen (secondary N) is 1. The van der Waals surface area contributed by atoms with Gasteiger partial charge in [-0.1, -0.05) is 23.7 Å². The second-order valence-electron chi connectivity index (χ2n) is 6.92. The highest BCUT2D eigenvalue weighted by atomic mass is 35.5. The first-order chi connectivity index (χ1) is 14.0. The van der Waals surface area contributed by atoms with Crippen molar-refractivity contribution in [2.24, 2.45) is 0 Å². The second kappa shape index (κ2) is 9.60. The summed E-state index contributed by atoms with van der Waals surface area (Å²) in [7, 11) is 1.56. The fourth-order valence-corrected chi connectivity index (χ4v) is 3.53. The van der Waals surface area contributed by atoms with Crippen LogP contribution >= 0.6 is 11.6 Å². The van der Waals surface area contributed by atoms with Crippen LogP contribution in [0.2, 0.25) is 5.02 Å². The summed E-state index contributed by atoms with van der Waals surface area (Å²) in [5.41, 5.74) is 0.689. The van der Waals surface area contributed by atoms with Crippen LogP contribution in [-0.4, -0.2) is 61.0 Å². The van der Waals surface area contributed by atoms with Gasteiger partial charge in [0.05, 0.1) is 13.5 Å². The number of carbonyl (C=O) groups excluding carboxylic acids is 2. The van der Waals surface area contributed by atoms with Crippen LogP contribution in [0.5, 0.6) is 5.75 Å². The first-order valence-corrected chi connectivity index (χ1v) is 9.92. The largest absolute Gasteiger partial charge is 0.497 e. The molecule has 0 bridgehead atoms. The van der Waals surface area contributed by atoms with E-state index in [0.717, 1.165) is 5.82 Å². The molecule has 0 saturated carbocycles. The molecule has 1 N–H and O–H groups in total. The fourth-order valence-electron chi connectivity index (χ4n) is 3.30. The number of benzene rings is 1. The van der Waals surface area contributed by atoms with Crippen molar-refractivity contribution in [2.45, 2.75) is 19.4 Å². The summed E-state index contributed by atoms with van der Waals surface area (Å²) in [6, 6.07) is 10.4. The van der Waals surface area contributed by atoms with Crippen molar-refractivity contribution < 1.29 is 14.3 Å². The molecule has 8 heteroatoms. The zero-order valence-corrected chi connectivity index (χ0v) is 17.4. The van der Waals surface area contributed by atoms with Gasteiger partial charge in [0.25, 0.3) is 0 Å². The molecule has 1 aliphatic rings. The molecule has 0 spiro atoms. The van der Waals surface area contributed by atoms with Gasteiger partial charge in [0.2, 0.25) is 11.8 Å². The van der Waals surface area contributed by atoms with Crippen LogP contribution in [0.4, 0.5) is 5.82 Å². The lowest BCUT2D eigenvalue weighted by molar-refractivity contribution is -0.136. The maximum atomic E-state index is 12.7. The normalized spacial score (nSPS) is 15.0. The molecule has 0 radical (unpaired) electrons. The summed E-state index contributed by atoms with van der Waals surface area (Å²) in [6.07, 6.45) is 1.87. The van der Waals surface area contributed by atoms with E-state index in [4.69, 9.17) is 16.3 Å². The average molecular weight is 417 g/mol. The molecule has 2 heterocycles. The Balaban J connectivity index is 1.49. The third kappa shape index (κ3) is 5.38. The molecular weight excluding hydrogens is 392 g/mol. The summed E-state index contributed by atoms with van der Waals surface area (Å²) in [6.45, 7) is 4.33. The molecule has 2 amide bonds. The van der Waals surface area contributed by atoms with Crippen molar-refractivity contribution in [2.75, 3.05) is 38.2 Å². The third-order valence-corrected chi connectivity index (χ3v) is 5.28. The molecule has 29 heavy (non-hydrogen) atoms. The molecule has 1 aromatic carbocycles. The van der Waals surface area contributed by atoms with Gasteiger partial charge < -0.3 is 19.9 Å². The number of halogens is 1. The number of methoxy groups -OCH3 is 1. The van der Waals surface area contributed by atoms with Crippen molar-refractivity contribution in [1.29, 1.82) is 0 Å². The molecule has 2 aromatic rings. The van der Waals surface area contributed by atoms with Gasteiger partial charge in [-0.05, 0) is 36.8 Å². The van der Waals surface area contributed by atoms with Crippen LogP contribution in [0, 0.1) is 0 Å². The lowest BCUT2D eigenvalue weighted by Gasteiger charge is -2.36. The minimum absolute atomic E-state index is 0.0835. The molecule has 1 saturated heterocycles. The van der Waals surface area contributed by atoms with E-state index in [1.165, 1.54) is 0 Å². The van der Waals surface area contributed by atoms with Gasteiger partial charge in [0.1, 0.15) is 17.6 Å². The van der Waals surface area contributed by atoms with Crippen LogP contribution in [0.25, 0.3) is 0 Å².